The molecule has 1 saturated carbocycles. The smallest absolute Gasteiger partial charge is 0.415 e. The largest absolute Gasteiger partial charge is 0.444 e. The number of halogens is 1. The maximum atomic E-state index is 12.7. The summed E-state index contributed by atoms with van der Waals surface area (Å²) in [5.41, 5.74) is 0.742. The molecular formula is C19H26ClN5O4. The lowest BCUT2D eigenvalue weighted by atomic mass is 9.73. The molecule has 2 N–H and O–H groups in total. The van der Waals surface area contributed by atoms with Gasteiger partial charge in [0, 0.05) is 32.4 Å². The Morgan fingerprint density at radius 1 is 1.38 bits per heavy atom. The maximum absolute atomic E-state index is 12.7. The molecule has 29 heavy (non-hydrogen) atoms. The van der Waals surface area contributed by atoms with E-state index in [0.717, 1.165) is 24.8 Å². The maximum Gasteiger partial charge on any atom is 0.415 e. The summed E-state index contributed by atoms with van der Waals surface area (Å²) in [6.07, 6.45) is 3.47. The van der Waals surface area contributed by atoms with Gasteiger partial charge < -0.3 is 20.1 Å². The van der Waals surface area contributed by atoms with Gasteiger partial charge in [-0.15, -0.1) is 11.6 Å². The van der Waals surface area contributed by atoms with Gasteiger partial charge in [-0.25, -0.2) is 9.78 Å². The van der Waals surface area contributed by atoms with Crippen LogP contribution in [0.25, 0.3) is 0 Å². The Kier molecular flexibility index (Phi) is 5.52. The number of nitrogens with one attached hydrogen (secondary N) is 2. The van der Waals surface area contributed by atoms with Crippen LogP contribution < -0.4 is 15.5 Å². The minimum absolute atomic E-state index is 0.0211. The van der Waals surface area contributed by atoms with Crippen molar-refractivity contribution in [3.63, 3.8) is 0 Å². The molecule has 5 unspecified atom stereocenters. The number of methoxy groups -OCH3 is 1. The van der Waals surface area contributed by atoms with E-state index in [1.54, 1.807) is 20.4 Å². The van der Waals surface area contributed by atoms with E-state index in [0.29, 0.717) is 17.7 Å². The Hall–Kier alpha value is -2.13. The molecule has 2 aliphatic heterocycles. The normalized spacial score (nSPS) is 32.6. The number of hydrogen-bond donors (Lipinski definition) is 2. The second kappa shape index (κ2) is 7.95. The van der Waals surface area contributed by atoms with Crippen LogP contribution in [0.4, 0.5) is 16.6 Å². The fourth-order valence-corrected chi connectivity index (χ4v) is 4.95. The van der Waals surface area contributed by atoms with Gasteiger partial charge in [-0.05, 0) is 32.1 Å². The second-order valence-corrected chi connectivity index (χ2v) is 8.63. The summed E-state index contributed by atoms with van der Waals surface area (Å²) >= 11 is 6.47. The third-order valence-corrected chi connectivity index (χ3v) is 6.71. The van der Waals surface area contributed by atoms with Crippen molar-refractivity contribution in [1.29, 1.82) is 0 Å². The van der Waals surface area contributed by atoms with Crippen molar-refractivity contribution in [3.8, 4) is 0 Å². The topological polar surface area (TPSA) is 106 Å². The Labute approximate surface area is 174 Å². The van der Waals surface area contributed by atoms with Gasteiger partial charge >= 0.3 is 6.09 Å². The Morgan fingerprint density at radius 2 is 2.17 bits per heavy atom. The Bertz CT molecular complexity index is 809. The van der Waals surface area contributed by atoms with E-state index in [4.69, 9.17) is 21.1 Å². The Morgan fingerprint density at radius 3 is 2.93 bits per heavy atom. The number of amides is 2. The first-order chi connectivity index (χ1) is 13.9. The molecule has 0 radical (unpaired) electrons. The fraction of sp³-hybridized carbons (Fsp3) is 0.684. The van der Waals surface area contributed by atoms with Crippen LogP contribution >= 0.6 is 11.6 Å². The summed E-state index contributed by atoms with van der Waals surface area (Å²) in [5.74, 6) is 1.02. The van der Waals surface area contributed by atoms with Crippen molar-refractivity contribution < 1.29 is 19.1 Å². The number of ether oxygens (including phenoxy) is 2. The molecule has 1 saturated heterocycles. The van der Waals surface area contributed by atoms with Gasteiger partial charge in [-0.1, -0.05) is 0 Å². The first-order valence-electron chi connectivity index (χ1n) is 9.87. The number of carbonyl (C=O) groups excluding carboxylic acids is 2. The highest BCUT2D eigenvalue weighted by atomic mass is 35.5. The summed E-state index contributed by atoms with van der Waals surface area (Å²) in [4.78, 5) is 34.6. The van der Waals surface area contributed by atoms with Gasteiger partial charge in [0.15, 0.2) is 0 Å². The number of alkyl halides is 1. The molecule has 9 nitrogen and oxygen atoms in total. The molecule has 2 fully saturated rings. The third kappa shape index (κ3) is 3.85. The van der Waals surface area contributed by atoms with Crippen molar-refractivity contribution in [2.45, 2.75) is 56.4 Å². The average molecular weight is 424 g/mol. The van der Waals surface area contributed by atoms with Gasteiger partial charge in [0.25, 0.3) is 0 Å². The third-order valence-electron chi connectivity index (χ3n) is 6.26. The highest BCUT2D eigenvalue weighted by Gasteiger charge is 2.44. The van der Waals surface area contributed by atoms with Gasteiger partial charge in [-0.3, -0.25) is 9.69 Å². The standard InChI is InChI=1S/C19H26ClN5O4/c1-9(22-18-21-7-11-8-29-19(27)25(2)16(11)24-18)12-4-10-5-13(20)15(28-3)6-14(10)23-17(12)26/h7,9-10,12-15H,4-6,8H2,1-3H3,(H,23,26)(H,21,22,24)/t9-,10?,12?,13?,14?,15?/m1/s1. The van der Waals surface area contributed by atoms with Gasteiger partial charge in [0.1, 0.15) is 12.4 Å². The van der Waals surface area contributed by atoms with Crippen LogP contribution in [-0.4, -0.2) is 59.7 Å². The van der Waals surface area contributed by atoms with Gasteiger partial charge in [0.2, 0.25) is 11.9 Å². The quantitative estimate of drug-likeness (QED) is 0.712. The number of nitrogens with zero attached hydrogens (tertiary/aromatic N) is 3. The predicted molar refractivity (Wildman–Crippen MR) is 107 cm³/mol. The molecule has 1 aliphatic carbocycles. The van der Waals surface area contributed by atoms with E-state index in [2.05, 4.69) is 20.6 Å². The van der Waals surface area contributed by atoms with E-state index in [1.165, 1.54) is 4.90 Å². The zero-order chi connectivity index (χ0) is 20.7. The zero-order valence-corrected chi connectivity index (χ0v) is 17.5. The molecule has 4 rings (SSSR count). The summed E-state index contributed by atoms with van der Waals surface area (Å²) in [7, 11) is 3.27. The Balaban J connectivity index is 1.45. The van der Waals surface area contributed by atoms with Crippen molar-refractivity contribution in [2.24, 2.45) is 11.8 Å². The van der Waals surface area contributed by atoms with Crippen LogP contribution in [0.2, 0.25) is 0 Å². The van der Waals surface area contributed by atoms with Crippen LogP contribution in [0.3, 0.4) is 0 Å². The average Bonchev–Trinajstić information content (AvgIpc) is 2.70. The molecule has 6 atom stereocenters. The molecule has 10 heteroatoms. The number of cyclic esters (lactones) is 1. The van der Waals surface area contributed by atoms with E-state index in [-0.39, 0.29) is 42.0 Å². The fourth-order valence-electron chi connectivity index (χ4n) is 4.52. The van der Waals surface area contributed by atoms with Crippen LogP contribution in [0.5, 0.6) is 0 Å². The molecule has 1 aromatic rings. The second-order valence-electron chi connectivity index (χ2n) is 8.07. The van der Waals surface area contributed by atoms with E-state index >= 15 is 0 Å². The van der Waals surface area contributed by atoms with Crippen molar-refractivity contribution in [3.05, 3.63) is 11.8 Å². The number of carbonyl (C=O) groups is 2. The molecule has 0 bridgehead atoms. The lowest BCUT2D eigenvalue weighted by molar-refractivity contribution is -0.131. The van der Waals surface area contributed by atoms with Crippen molar-refractivity contribution in [2.75, 3.05) is 24.4 Å². The number of rotatable bonds is 4. The zero-order valence-electron chi connectivity index (χ0n) is 16.7. The minimum Gasteiger partial charge on any atom is -0.444 e. The van der Waals surface area contributed by atoms with Crippen LogP contribution in [0.15, 0.2) is 6.20 Å². The summed E-state index contributed by atoms with van der Waals surface area (Å²) in [6.45, 7) is 2.11. The molecule has 2 amide bonds. The summed E-state index contributed by atoms with van der Waals surface area (Å²) in [5, 5.41) is 6.35. The predicted octanol–water partition coefficient (Wildman–Crippen LogP) is 1.90. The number of anilines is 2. The molecule has 3 aliphatic rings. The number of aromatic nitrogens is 2. The summed E-state index contributed by atoms with van der Waals surface area (Å²) in [6, 6.07) is -0.0747. The van der Waals surface area contributed by atoms with Crippen molar-refractivity contribution >= 4 is 35.4 Å². The van der Waals surface area contributed by atoms with E-state index in [9.17, 15) is 9.59 Å². The van der Waals surface area contributed by atoms with Crippen LogP contribution in [-0.2, 0) is 20.9 Å². The first-order valence-corrected chi connectivity index (χ1v) is 10.3. The first kappa shape index (κ1) is 20.2. The molecule has 158 valence electrons. The van der Waals surface area contributed by atoms with E-state index < -0.39 is 6.09 Å². The van der Waals surface area contributed by atoms with E-state index in [1.807, 2.05) is 6.92 Å². The molecule has 0 aromatic carbocycles. The minimum atomic E-state index is -0.449. The molecule has 3 heterocycles. The SMILES string of the molecule is COC1CC2NC(=O)C([C@@H](C)Nc3ncc4c(n3)N(C)C(=O)OC4)CC2CC1Cl. The number of hydrogen-bond acceptors (Lipinski definition) is 7. The lowest BCUT2D eigenvalue weighted by Crippen LogP contribution is -2.57. The van der Waals surface area contributed by atoms with Crippen molar-refractivity contribution in [1.82, 2.24) is 15.3 Å². The highest BCUT2D eigenvalue weighted by molar-refractivity contribution is 6.21. The number of fused-ring (bicyclic) bond motifs is 2. The lowest BCUT2D eigenvalue weighted by Gasteiger charge is -2.44. The van der Waals surface area contributed by atoms with Crippen LogP contribution in [0.1, 0.15) is 31.7 Å². The molecule has 0 spiro atoms. The van der Waals surface area contributed by atoms with Crippen LogP contribution in [0, 0.1) is 11.8 Å². The number of piperidine rings is 1. The van der Waals surface area contributed by atoms with Gasteiger partial charge in [-0.2, -0.15) is 4.98 Å². The molecular weight excluding hydrogens is 398 g/mol. The monoisotopic (exact) mass is 423 g/mol. The molecule has 1 aromatic heterocycles. The highest BCUT2D eigenvalue weighted by Crippen LogP contribution is 2.38. The van der Waals surface area contributed by atoms with Gasteiger partial charge in [0.05, 0.1) is 23.0 Å². The summed E-state index contributed by atoms with van der Waals surface area (Å²) < 4.78 is 10.5.